The van der Waals surface area contributed by atoms with Crippen molar-refractivity contribution in [3.8, 4) is 22.6 Å². The molecule has 0 aliphatic rings. The van der Waals surface area contributed by atoms with Gasteiger partial charge in [-0.15, -0.1) is 0 Å². The van der Waals surface area contributed by atoms with Crippen molar-refractivity contribution in [2.45, 2.75) is 0 Å². The zero-order valence-electron chi connectivity index (χ0n) is 12.4. The number of ether oxygens (including phenoxy) is 3. The molecule has 0 spiro atoms. The van der Waals surface area contributed by atoms with Crippen LogP contribution >= 0.6 is 0 Å². The van der Waals surface area contributed by atoms with Crippen molar-refractivity contribution in [3.63, 3.8) is 0 Å². The predicted molar refractivity (Wildman–Crippen MR) is 80.9 cm³/mol. The summed E-state index contributed by atoms with van der Waals surface area (Å²) in [6, 6.07) is 5.70. The minimum atomic E-state index is 0.580. The fourth-order valence-corrected chi connectivity index (χ4v) is 1.85. The third kappa shape index (κ3) is 3.82. The number of rotatable bonds is 7. The molecule has 0 bridgehead atoms. The first-order valence-electron chi connectivity index (χ1n) is 6.55. The van der Waals surface area contributed by atoms with Crippen molar-refractivity contribution in [1.29, 1.82) is 0 Å². The number of hydrogen-bond donors (Lipinski definition) is 1. The standard InChI is InChI=1S/C15H19N3O3/c1-19-7-6-16-15-17-9-12(10-18-15)11-4-5-13(20-2)14(8-11)21-3/h4-5,8-10H,6-7H2,1-3H3,(H,16,17,18). The van der Waals surface area contributed by atoms with Crippen LogP contribution < -0.4 is 14.8 Å². The van der Waals surface area contributed by atoms with Crippen LogP contribution in [0, 0.1) is 0 Å². The van der Waals surface area contributed by atoms with Gasteiger partial charge in [-0.3, -0.25) is 0 Å². The van der Waals surface area contributed by atoms with E-state index in [2.05, 4.69) is 15.3 Å². The van der Waals surface area contributed by atoms with E-state index < -0.39 is 0 Å². The van der Waals surface area contributed by atoms with Crippen LogP contribution in [0.4, 0.5) is 5.95 Å². The van der Waals surface area contributed by atoms with E-state index in [1.165, 1.54) is 0 Å². The summed E-state index contributed by atoms with van der Waals surface area (Å²) in [5.74, 6) is 1.95. The van der Waals surface area contributed by atoms with Gasteiger partial charge in [-0.25, -0.2) is 9.97 Å². The van der Waals surface area contributed by atoms with Gasteiger partial charge >= 0.3 is 0 Å². The van der Waals surface area contributed by atoms with E-state index in [0.717, 1.165) is 11.1 Å². The average Bonchev–Trinajstić information content (AvgIpc) is 2.55. The molecular formula is C15H19N3O3. The van der Waals surface area contributed by atoms with Crippen LogP contribution in [-0.2, 0) is 4.74 Å². The summed E-state index contributed by atoms with van der Waals surface area (Å²) in [4.78, 5) is 8.55. The van der Waals surface area contributed by atoms with Crippen molar-refractivity contribution in [2.75, 3.05) is 39.8 Å². The first-order chi connectivity index (χ1) is 10.3. The van der Waals surface area contributed by atoms with E-state index in [1.807, 2.05) is 18.2 Å². The highest BCUT2D eigenvalue weighted by Crippen LogP contribution is 2.31. The summed E-state index contributed by atoms with van der Waals surface area (Å²) in [6.07, 6.45) is 3.53. The lowest BCUT2D eigenvalue weighted by Crippen LogP contribution is -2.09. The molecule has 1 heterocycles. The van der Waals surface area contributed by atoms with Crippen molar-refractivity contribution >= 4 is 5.95 Å². The van der Waals surface area contributed by atoms with Crippen molar-refractivity contribution < 1.29 is 14.2 Å². The third-order valence-electron chi connectivity index (χ3n) is 2.96. The van der Waals surface area contributed by atoms with E-state index >= 15 is 0 Å². The fraction of sp³-hybridized carbons (Fsp3) is 0.333. The maximum Gasteiger partial charge on any atom is 0.222 e. The van der Waals surface area contributed by atoms with Gasteiger partial charge in [-0.2, -0.15) is 0 Å². The maximum absolute atomic E-state index is 5.30. The van der Waals surface area contributed by atoms with Crippen LogP contribution in [0.5, 0.6) is 11.5 Å². The molecule has 2 rings (SSSR count). The molecule has 0 atom stereocenters. The molecular weight excluding hydrogens is 270 g/mol. The number of aromatic nitrogens is 2. The van der Waals surface area contributed by atoms with E-state index in [4.69, 9.17) is 14.2 Å². The summed E-state index contributed by atoms with van der Waals surface area (Å²) < 4.78 is 15.5. The van der Waals surface area contributed by atoms with Gasteiger partial charge in [0.25, 0.3) is 0 Å². The average molecular weight is 289 g/mol. The van der Waals surface area contributed by atoms with Crippen molar-refractivity contribution in [2.24, 2.45) is 0 Å². The van der Waals surface area contributed by atoms with Gasteiger partial charge in [-0.1, -0.05) is 6.07 Å². The molecule has 0 radical (unpaired) electrons. The lowest BCUT2D eigenvalue weighted by Gasteiger charge is -2.10. The normalized spacial score (nSPS) is 10.2. The Morgan fingerprint density at radius 1 is 0.952 bits per heavy atom. The molecule has 0 aliphatic carbocycles. The molecule has 2 aromatic rings. The quantitative estimate of drug-likeness (QED) is 0.788. The molecule has 0 saturated carbocycles. The minimum absolute atomic E-state index is 0.580. The van der Waals surface area contributed by atoms with Gasteiger partial charge in [0.05, 0.1) is 20.8 Å². The van der Waals surface area contributed by atoms with E-state index in [9.17, 15) is 0 Å². The van der Waals surface area contributed by atoms with Crippen molar-refractivity contribution in [1.82, 2.24) is 9.97 Å². The van der Waals surface area contributed by atoms with Crippen LogP contribution in [0.15, 0.2) is 30.6 Å². The summed E-state index contributed by atoms with van der Waals surface area (Å²) in [5, 5.41) is 3.07. The topological polar surface area (TPSA) is 65.5 Å². The molecule has 21 heavy (non-hydrogen) atoms. The van der Waals surface area contributed by atoms with Gasteiger partial charge < -0.3 is 19.5 Å². The molecule has 0 aliphatic heterocycles. The number of nitrogens with zero attached hydrogens (tertiary/aromatic N) is 2. The minimum Gasteiger partial charge on any atom is -0.493 e. The SMILES string of the molecule is COCCNc1ncc(-c2ccc(OC)c(OC)c2)cn1. The molecule has 0 amide bonds. The Labute approximate surface area is 124 Å². The lowest BCUT2D eigenvalue weighted by atomic mass is 10.1. The first-order valence-corrected chi connectivity index (χ1v) is 6.55. The second-order valence-electron chi connectivity index (χ2n) is 4.28. The fourth-order valence-electron chi connectivity index (χ4n) is 1.85. The van der Waals surface area contributed by atoms with Crippen LogP contribution in [0.25, 0.3) is 11.1 Å². The summed E-state index contributed by atoms with van der Waals surface area (Å²) in [7, 11) is 4.88. The Morgan fingerprint density at radius 3 is 2.29 bits per heavy atom. The molecule has 6 nitrogen and oxygen atoms in total. The van der Waals surface area contributed by atoms with E-state index in [-0.39, 0.29) is 0 Å². The first kappa shape index (κ1) is 15.1. The smallest absolute Gasteiger partial charge is 0.222 e. The number of methoxy groups -OCH3 is 3. The Morgan fingerprint density at radius 2 is 1.67 bits per heavy atom. The predicted octanol–water partition coefficient (Wildman–Crippen LogP) is 2.22. The van der Waals surface area contributed by atoms with Gasteiger partial charge in [-0.05, 0) is 17.7 Å². The maximum atomic E-state index is 5.30. The molecule has 0 saturated heterocycles. The van der Waals surface area contributed by atoms with Gasteiger partial charge in [0.1, 0.15) is 0 Å². The van der Waals surface area contributed by atoms with Gasteiger partial charge in [0.2, 0.25) is 5.95 Å². The number of anilines is 1. The molecule has 112 valence electrons. The van der Waals surface area contributed by atoms with E-state index in [1.54, 1.807) is 33.7 Å². The molecule has 0 fully saturated rings. The highest BCUT2D eigenvalue weighted by Gasteiger charge is 2.07. The Hall–Kier alpha value is -2.34. The Balaban J connectivity index is 2.14. The van der Waals surface area contributed by atoms with Crippen molar-refractivity contribution in [3.05, 3.63) is 30.6 Å². The molecule has 0 unspecified atom stereocenters. The Bertz CT molecular complexity index is 573. The van der Waals surface area contributed by atoms with Crippen LogP contribution in [0.3, 0.4) is 0 Å². The number of nitrogens with one attached hydrogen (secondary N) is 1. The zero-order valence-corrected chi connectivity index (χ0v) is 12.4. The van der Waals surface area contributed by atoms with Crippen LogP contribution in [0.2, 0.25) is 0 Å². The number of hydrogen-bond acceptors (Lipinski definition) is 6. The zero-order chi connectivity index (χ0) is 15.1. The number of benzene rings is 1. The highest BCUT2D eigenvalue weighted by atomic mass is 16.5. The second-order valence-corrected chi connectivity index (χ2v) is 4.28. The van der Waals surface area contributed by atoms with Crippen LogP contribution in [-0.4, -0.2) is 44.4 Å². The van der Waals surface area contributed by atoms with Gasteiger partial charge in [0.15, 0.2) is 11.5 Å². The Kier molecular flexibility index (Phi) is 5.34. The van der Waals surface area contributed by atoms with Crippen LogP contribution in [0.1, 0.15) is 0 Å². The molecule has 6 heteroatoms. The molecule has 1 N–H and O–H groups in total. The van der Waals surface area contributed by atoms with E-state index in [0.29, 0.717) is 30.6 Å². The monoisotopic (exact) mass is 289 g/mol. The highest BCUT2D eigenvalue weighted by molar-refractivity contribution is 5.66. The summed E-state index contributed by atoms with van der Waals surface area (Å²) in [5.41, 5.74) is 1.88. The largest absolute Gasteiger partial charge is 0.493 e. The molecule has 1 aromatic heterocycles. The third-order valence-corrected chi connectivity index (χ3v) is 2.96. The lowest BCUT2D eigenvalue weighted by molar-refractivity contribution is 0.210. The summed E-state index contributed by atoms with van der Waals surface area (Å²) in [6.45, 7) is 1.28. The second kappa shape index (κ2) is 7.44. The molecule has 1 aromatic carbocycles. The van der Waals surface area contributed by atoms with Gasteiger partial charge in [0, 0.05) is 31.6 Å². The summed E-state index contributed by atoms with van der Waals surface area (Å²) >= 11 is 0.